The second kappa shape index (κ2) is 6.95. The van der Waals surface area contributed by atoms with Crippen LogP contribution in [0.5, 0.6) is 0 Å². The molecule has 1 aliphatic rings. The molecule has 0 aromatic heterocycles. The number of fused-ring (bicyclic) bond motifs is 1. The Balaban J connectivity index is 1.61. The van der Waals surface area contributed by atoms with Gasteiger partial charge in [-0.05, 0) is 55.6 Å². The Morgan fingerprint density at radius 2 is 1.95 bits per heavy atom. The molecule has 0 spiro atoms. The van der Waals surface area contributed by atoms with E-state index in [0.717, 1.165) is 0 Å². The Labute approximate surface area is 127 Å². The van der Waals surface area contributed by atoms with Crippen molar-refractivity contribution in [3.63, 3.8) is 0 Å². The molecule has 1 saturated heterocycles. The predicted octanol–water partition coefficient (Wildman–Crippen LogP) is 4.56. The van der Waals surface area contributed by atoms with Gasteiger partial charge in [0.25, 0.3) is 0 Å². The molecule has 2 aromatic carbocycles. The van der Waals surface area contributed by atoms with Crippen molar-refractivity contribution < 1.29 is 0 Å². The van der Waals surface area contributed by atoms with Crippen LogP contribution in [0.4, 0.5) is 5.69 Å². The molecule has 2 aromatic rings. The molecule has 2 unspecified atom stereocenters. The Morgan fingerprint density at radius 3 is 2.86 bits per heavy atom. The highest BCUT2D eigenvalue weighted by Gasteiger charge is 2.14. The zero-order chi connectivity index (χ0) is 14.5. The Kier molecular flexibility index (Phi) is 4.76. The van der Waals surface area contributed by atoms with Crippen LogP contribution >= 0.6 is 0 Å². The molecule has 2 heteroatoms. The van der Waals surface area contributed by atoms with Gasteiger partial charge in [0.15, 0.2) is 0 Å². The van der Waals surface area contributed by atoms with Crippen LogP contribution in [0.3, 0.4) is 0 Å². The van der Waals surface area contributed by atoms with E-state index in [9.17, 15) is 0 Å². The molecule has 1 aliphatic heterocycles. The second-order valence-electron chi connectivity index (χ2n) is 6.34. The first-order chi connectivity index (χ1) is 10.3. The Bertz CT molecular complexity index is 571. The number of benzene rings is 2. The van der Waals surface area contributed by atoms with Crippen LogP contribution in [0, 0.1) is 0 Å². The predicted molar refractivity (Wildman–Crippen MR) is 91.9 cm³/mol. The molecule has 0 radical (unpaired) electrons. The molecule has 21 heavy (non-hydrogen) atoms. The third-order valence-corrected chi connectivity index (χ3v) is 4.46. The van der Waals surface area contributed by atoms with Crippen molar-refractivity contribution in [3.8, 4) is 0 Å². The molecule has 0 bridgehead atoms. The maximum absolute atomic E-state index is 3.69. The molecule has 2 nitrogen and oxygen atoms in total. The summed E-state index contributed by atoms with van der Waals surface area (Å²) in [5, 5.41) is 9.96. The fourth-order valence-electron chi connectivity index (χ4n) is 3.35. The maximum Gasteiger partial charge on any atom is 0.0348 e. The first-order valence-electron chi connectivity index (χ1n) is 8.30. The summed E-state index contributed by atoms with van der Waals surface area (Å²) in [6, 6.07) is 16.4. The van der Waals surface area contributed by atoms with Crippen molar-refractivity contribution >= 4 is 16.5 Å². The van der Waals surface area contributed by atoms with E-state index in [-0.39, 0.29) is 0 Å². The van der Waals surface area contributed by atoms with E-state index in [1.807, 2.05) is 0 Å². The largest absolute Gasteiger partial charge is 0.383 e. The summed E-state index contributed by atoms with van der Waals surface area (Å²) >= 11 is 0. The van der Waals surface area contributed by atoms with Crippen molar-refractivity contribution in [2.45, 2.75) is 51.1 Å². The van der Waals surface area contributed by atoms with Crippen LogP contribution in [-0.4, -0.2) is 18.6 Å². The maximum atomic E-state index is 3.69. The minimum atomic E-state index is 0.502. The van der Waals surface area contributed by atoms with E-state index in [2.05, 4.69) is 60.0 Å². The molecule has 0 saturated carbocycles. The van der Waals surface area contributed by atoms with E-state index < -0.39 is 0 Å². The standard InChI is InChI=1S/C19H26N2/c1-15(13-18-9-3-2-6-12-20-18)21-19-11-10-16-7-4-5-8-17(16)14-19/h4-5,7-8,10-11,14-15,18,20-21H,2-3,6,9,12-13H2,1H3. The zero-order valence-electron chi connectivity index (χ0n) is 12.9. The van der Waals surface area contributed by atoms with Crippen LogP contribution in [-0.2, 0) is 0 Å². The molecule has 2 N–H and O–H groups in total. The van der Waals surface area contributed by atoms with Gasteiger partial charge in [-0.1, -0.05) is 43.2 Å². The molecular formula is C19H26N2. The zero-order valence-corrected chi connectivity index (χ0v) is 12.9. The summed E-state index contributed by atoms with van der Waals surface area (Å²) in [5.41, 5.74) is 1.23. The van der Waals surface area contributed by atoms with Crippen LogP contribution in [0.1, 0.15) is 39.0 Å². The smallest absolute Gasteiger partial charge is 0.0348 e. The van der Waals surface area contributed by atoms with Gasteiger partial charge in [0.1, 0.15) is 0 Å². The average molecular weight is 282 g/mol. The number of rotatable bonds is 4. The third-order valence-electron chi connectivity index (χ3n) is 4.46. The van der Waals surface area contributed by atoms with Crippen LogP contribution in [0.15, 0.2) is 42.5 Å². The Hall–Kier alpha value is -1.54. The van der Waals surface area contributed by atoms with Crippen molar-refractivity contribution in [1.82, 2.24) is 5.32 Å². The normalized spacial score (nSPS) is 20.9. The van der Waals surface area contributed by atoms with Gasteiger partial charge in [-0.2, -0.15) is 0 Å². The second-order valence-corrected chi connectivity index (χ2v) is 6.34. The lowest BCUT2D eigenvalue weighted by Gasteiger charge is -2.22. The summed E-state index contributed by atoms with van der Waals surface area (Å²) in [5.74, 6) is 0. The number of anilines is 1. The molecule has 2 atom stereocenters. The number of hydrogen-bond donors (Lipinski definition) is 2. The summed E-state index contributed by atoms with van der Waals surface area (Å²) in [6.07, 6.45) is 6.62. The summed E-state index contributed by atoms with van der Waals surface area (Å²) < 4.78 is 0. The first kappa shape index (κ1) is 14.4. The quantitative estimate of drug-likeness (QED) is 0.859. The lowest BCUT2D eigenvalue weighted by Crippen LogP contribution is -2.33. The SMILES string of the molecule is CC(CC1CCCCCN1)Nc1ccc2ccccc2c1. The summed E-state index contributed by atoms with van der Waals surface area (Å²) in [7, 11) is 0. The van der Waals surface area contributed by atoms with Gasteiger partial charge >= 0.3 is 0 Å². The summed E-state index contributed by atoms with van der Waals surface area (Å²) in [4.78, 5) is 0. The minimum Gasteiger partial charge on any atom is -0.383 e. The van der Waals surface area contributed by atoms with E-state index >= 15 is 0 Å². The van der Waals surface area contributed by atoms with Crippen molar-refractivity contribution in [1.29, 1.82) is 0 Å². The molecule has 0 aliphatic carbocycles. The fourth-order valence-corrected chi connectivity index (χ4v) is 3.35. The van der Waals surface area contributed by atoms with Gasteiger partial charge < -0.3 is 10.6 Å². The highest BCUT2D eigenvalue weighted by atomic mass is 15.0. The Morgan fingerprint density at radius 1 is 1.10 bits per heavy atom. The third kappa shape index (κ3) is 3.98. The average Bonchev–Trinajstić information content (AvgIpc) is 2.75. The van der Waals surface area contributed by atoms with Gasteiger partial charge in [0.05, 0.1) is 0 Å². The summed E-state index contributed by atoms with van der Waals surface area (Å²) in [6.45, 7) is 3.48. The van der Waals surface area contributed by atoms with E-state index in [4.69, 9.17) is 0 Å². The highest BCUT2D eigenvalue weighted by molar-refractivity contribution is 5.85. The molecule has 1 fully saturated rings. The van der Waals surface area contributed by atoms with Crippen LogP contribution in [0.25, 0.3) is 10.8 Å². The van der Waals surface area contributed by atoms with Gasteiger partial charge in [-0.25, -0.2) is 0 Å². The minimum absolute atomic E-state index is 0.502. The van der Waals surface area contributed by atoms with Crippen LogP contribution in [0.2, 0.25) is 0 Å². The van der Waals surface area contributed by atoms with E-state index in [0.29, 0.717) is 12.1 Å². The lowest BCUT2D eigenvalue weighted by atomic mass is 10.0. The number of hydrogen-bond acceptors (Lipinski definition) is 2. The van der Waals surface area contributed by atoms with E-state index in [1.54, 1.807) is 0 Å². The molecular weight excluding hydrogens is 256 g/mol. The first-order valence-corrected chi connectivity index (χ1v) is 8.30. The van der Waals surface area contributed by atoms with Gasteiger partial charge in [-0.15, -0.1) is 0 Å². The van der Waals surface area contributed by atoms with Crippen molar-refractivity contribution in [2.24, 2.45) is 0 Å². The van der Waals surface area contributed by atoms with Gasteiger partial charge in [0.2, 0.25) is 0 Å². The topological polar surface area (TPSA) is 24.1 Å². The van der Waals surface area contributed by atoms with Gasteiger partial charge in [0, 0.05) is 17.8 Å². The van der Waals surface area contributed by atoms with Crippen LogP contribution < -0.4 is 10.6 Å². The van der Waals surface area contributed by atoms with Crippen molar-refractivity contribution in [2.75, 3.05) is 11.9 Å². The van der Waals surface area contributed by atoms with Gasteiger partial charge in [-0.3, -0.25) is 0 Å². The monoisotopic (exact) mass is 282 g/mol. The lowest BCUT2D eigenvalue weighted by molar-refractivity contribution is 0.456. The van der Waals surface area contributed by atoms with E-state index in [1.165, 1.54) is 55.1 Å². The highest BCUT2D eigenvalue weighted by Crippen LogP contribution is 2.21. The molecule has 1 heterocycles. The van der Waals surface area contributed by atoms with Crippen molar-refractivity contribution in [3.05, 3.63) is 42.5 Å². The molecule has 112 valence electrons. The molecule has 3 rings (SSSR count). The molecule has 0 amide bonds. The number of nitrogens with one attached hydrogen (secondary N) is 2. The fraction of sp³-hybridized carbons (Fsp3) is 0.474.